The summed E-state index contributed by atoms with van der Waals surface area (Å²) in [5.41, 5.74) is 3.36. The number of carbonyl (C=O) groups excluding carboxylic acids is 1. The average molecular weight is 593 g/mol. The van der Waals surface area contributed by atoms with Crippen molar-refractivity contribution in [3.8, 4) is 10.4 Å². The minimum absolute atomic E-state index is 0.0515. The third kappa shape index (κ3) is 5.50. The van der Waals surface area contributed by atoms with Crippen molar-refractivity contribution in [3.63, 3.8) is 0 Å². The number of halogens is 2. The molecule has 220 valence electrons. The van der Waals surface area contributed by atoms with E-state index >= 15 is 0 Å². The molecule has 2 aromatic heterocycles. The Hall–Kier alpha value is -3.47. The number of aryl methyl sites for hydroxylation is 1. The Morgan fingerprint density at radius 2 is 1.95 bits per heavy atom. The highest BCUT2D eigenvalue weighted by Gasteiger charge is 2.36. The SMILES string of the molecule is CNC1CCc2cc(-c3scc4c(=O)n(CC5(O)CCN(C(=O)CC(c6ccccc6)C(F)F)CC5)cnc34)ccc21. The van der Waals surface area contributed by atoms with Crippen molar-refractivity contribution in [3.05, 3.63) is 87.3 Å². The molecule has 7 nitrogen and oxygen atoms in total. The fourth-order valence-electron chi connectivity index (χ4n) is 6.36. The molecule has 3 heterocycles. The number of rotatable bonds is 8. The summed E-state index contributed by atoms with van der Waals surface area (Å²) >= 11 is 1.49. The maximum absolute atomic E-state index is 13.8. The second-order valence-corrected chi connectivity index (χ2v) is 12.3. The van der Waals surface area contributed by atoms with Crippen LogP contribution in [0.1, 0.15) is 54.3 Å². The maximum Gasteiger partial charge on any atom is 0.262 e. The lowest BCUT2D eigenvalue weighted by molar-refractivity contribution is -0.137. The molecular weight excluding hydrogens is 558 g/mol. The molecule has 1 aliphatic heterocycles. The Labute approximate surface area is 246 Å². The van der Waals surface area contributed by atoms with Gasteiger partial charge in [0.2, 0.25) is 12.3 Å². The van der Waals surface area contributed by atoms with E-state index in [1.165, 1.54) is 38.3 Å². The van der Waals surface area contributed by atoms with Crippen LogP contribution in [0, 0.1) is 0 Å². The van der Waals surface area contributed by atoms with Gasteiger partial charge in [-0.1, -0.05) is 42.5 Å². The monoisotopic (exact) mass is 592 g/mol. The highest BCUT2D eigenvalue weighted by atomic mass is 32.1. The summed E-state index contributed by atoms with van der Waals surface area (Å²) in [5.74, 6) is -1.53. The quantitative estimate of drug-likeness (QED) is 0.297. The van der Waals surface area contributed by atoms with Crippen molar-refractivity contribution >= 4 is 28.1 Å². The van der Waals surface area contributed by atoms with Gasteiger partial charge in [-0.05, 0) is 61.1 Å². The molecule has 6 rings (SSSR count). The number of nitrogens with one attached hydrogen (secondary N) is 1. The van der Waals surface area contributed by atoms with Gasteiger partial charge in [0.1, 0.15) is 0 Å². The van der Waals surface area contributed by atoms with Crippen LogP contribution < -0.4 is 10.9 Å². The molecule has 0 spiro atoms. The van der Waals surface area contributed by atoms with E-state index in [0.29, 0.717) is 22.5 Å². The third-order valence-electron chi connectivity index (χ3n) is 8.85. The summed E-state index contributed by atoms with van der Waals surface area (Å²) < 4.78 is 29.0. The standard InChI is InChI=1S/C32H34F2N4O3S/c1-35-26-10-8-21-15-22(7-9-23(21)26)29-28-25(17-42-29)31(40)38(19-36-28)18-32(41)11-13-37(14-12-32)27(39)16-24(30(33)34)20-5-3-2-4-6-20/h2-7,9,15,17,19,24,26,30,35,41H,8,10-14,16,18H2,1H3. The molecule has 0 bridgehead atoms. The Bertz CT molecular complexity index is 1650. The smallest absolute Gasteiger partial charge is 0.262 e. The number of alkyl halides is 2. The zero-order chi connectivity index (χ0) is 29.4. The zero-order valence-electron chi connectivity index (χ0n) is 23.4. The van der Waals surface area contributed by atoms with Crippen molar-refractivity contribution in [1.82, 2.24) is 19.8 Å². The van der Waals surface area contributed by atoms with E-state index in [1.807, 2.05) is 12.4 Å². The molecule has 2 aromatic carbocycles. The first-order chi connectivity index (χ1) is 20.3. The van der Waals surface area contributed by atoms with Crippen molar-refractivity contribution in [2.75, 3.05) is 20.1 Å². The lowest BCUT2D eigenvalue weighted by Gasteiger charge is -2.38. The Morgan fingerprint density at radius 1 is 1.19 bits per heavy atom. The maximum atomic E-state index is 13.8. The van der Waals surface area contributed by atoms with E-state index in [4.69, 9.17) is 0 Å². The van der Waals surface area contributed by atoms with Crippen molar-refractivity contribution in [1.29, 1.82) is 0 Å². The number of thiophene rings is 1. The van der Waals surface area contributed by atoms with Crippen LogP contribution in [0.25, 0.3) is 21.3 Å². The number of carbonyl (C=O) groups is 1. The van der Waals surface area contributed by atoms with Crippen LogP contribution >= 0.6 is 11.3 Å². The largest absolute Gasteiger partial charge is 0.388 e. The van der Waals surface area contributed by atoms with Crippen LogP contribution in [0.5, 0.6) is 0 Å². The molecule has 10 heteroatoms. The van der Waals surface area contributed by atoms with Crippen molar-refractivity contribution in [2.24, 2.45) is 0 Å². The zero-order valence-corrected chi connectivity index (χ0v) is 24.2. The lowest BCUT2D eigenvalue weighted by Crippen LogP contribution is -2.50. The van der Waals surface area contributed by atoms with Gasteiger partial charge in [0.05, 0.1) is 40.2 Å². The predicted octanol–water partition coefficient (Wildman–Crippen LogP) is 5.12. The summed E-state index contributed by atoms with van der Waals surface area (Å²) in [4.78, 5) is 33.5. The normalized spacial score (nSPS) is 18.9. The van der Waals surface area contributed by atoms with E-state index in [9.17, 15) is 23.5 Å². The second kappa shape index (κ2) is 11.7. The van der Waals surface area contributed by atoms with Gasteiger partial charge in [0.25, 0.3) is 5.56 Å². The number of amides is 1. The van der Waals surface area contributed by atoms with Gasteiger partial charge >= 0.3 is 0 Å². The highest BCUT2D eigenvalue weighted by Crippen LogP contribution is 2.38. The van der Waals surface area contributed by atoms with Gasteiger partial charge < -0.3 is 15.3 Å². The lowest BCUT2D eigenvalue weighted by atomic mass is 9.90. The summed E-state index contributed by atoms with van der Waals surface area (Å²) in [6, 6.07) is 15.2. The van der Waals surface area contributed by atoms with E-state index in [0.717, 1.165) is 23.3 Å². The summed E-state index contributed by atoms with van der Waals surface area (Å²) in [6.45, 7) is 0.523. The molecule has 0 saturated carbocycles. The molecule has 2 N–H and O–H groups in total. The number of hydrogen-bond acceptors (Lipinski definition) is 6. The molecule has 1 aliphatic carbocycles. The molecule has 42 heavy (non-hydrogen) atoms. The molecule has 1 amide bonds. The predicted molar refractivity (Wildman–Crippen MR) is 160 cm³/mol. The van der Waals surface area contributed by atoms with E-state index < -0.39 is 17.9 Å². The van der Waals surface area contributed by atoms with Crippen LogP contribution in [-0.2, 0) is 17.8 Å². The minimum atomic E-state index is -2.65. The minimum Gasteiger partial charge on any atom is -0.388 e. The van der Waals surface area contributed by atoms with Gasteiger partial charge in [0, 0.05) is 30.9 Å². The fraction of sp³-hybridized carbons (Fsp3) is 0.406. The summed E-state index contributed by atoms with van der Waals surface area (Å²) in [6.07, 6.45) is 1.12. The first kappa shape index (κ1) is 28.6. The van der Waals surface area contributed by atoms with E-state index in [2.05, 4.69) is 28.5 Å². The first-order valence-corrected chi connectivity index (χ1v) is 15.2. The van der Waals surface area contributed by atoms with E-state index in [-0.39, 0.29) is 50.4 Å². The van der Waals surface area contributed by atoms with Crippen LogP contribution in [-0.4, -0.2) is 57.6 Å². The molecule has 4 aromatic rings. The van der Waals surface area contributed by atoms with Gasteiger partial charge in [-0.2, -0.15) is 0 Å². The fourth-order valence-corrected chi connectivity index (χ4v) is 7.35. The van der Waals surface area contributed by atoms with Crippen LogP contribution in [0.2, 0.25) is 0 Å². The molecule has 2 atom stereocenters. The third-order valence-corrected chi connectivity index (χ3v) is 9.87. The second-order valence-electron chi connectivity index (χ2n) is 11.5. The van der Waals surface area contributed by atoms with E-state index in [1.54, 1.807) is 30.3 Å². The number of piperidine rings is 1. The average Bonchev–Trinajstić information content (AvgIpc) is 3.62. The molecular formula is C32H34F2N4O3S. The number of benzene rings is 2. The number of likely N-dealkylation sites (tertiary alicyclic amines) is 1. The molecule has 0 radical (unpaired) electrons. The van der Waals surface area contributed by atoms with Crippen molar-refractivity contribution < 1.29 is 18.7 Å². The number of nitrogens with zero attached hydrogens (tertiary/aromatic N) is 3. The number of aliphatic hydroxyl groups is 1. The summed E-state index contributed by atoms with van der Waals surface area (Å²) in [7, 11) is 1.98. The molecule has 1 fully saturated rings. The number of hydrogen-bond donors (Lipinski definition) is 2. The molecule has 2 aliphatic rings. The van der Waals surface area contributed by atoms with Crippen LogP contribution in [0.3, 0.4) is 0 Å². The first-order valence-electron chi connectivity index (χ1n) is 14.4. The van der Waals surface area contributed by atoms with Gasteiger partial charge in [-0.25, -0.2) is 13.8 Å². The number of fused-ring (bicyclic) bond motifs is 2. The Balaban J connectivity index is 1.13. The van der Waals surface area contributed by atoms with Crippen molar-refractivity contribution in [2.45, 2.75) is 62.6 Å². The summed E-state index contributed by atoms with van der Waals surface area (Å²) in [5, 5.41) is 17.0. The number of aromatic nitrogens is 2. The Kier molecular flexibility index (Phi) is 7.95. The van der Waals surface area contributed by atoms with Gasteiger partial charge in [0.15, 0.2) is 0 Å². The van der Waals surface area contributed by atoms with Gasteiger partial charge in [-0.3, -0.25) is 14.2 Å². The van der Waals surface area contributed by atoms with Crippen LogP contribution in [0.4, 0.5) is 8.78 Å². The van der Waals surface area contributed by atoms with Crippen LogP contribution in [0.15, 0.2) is 65.0 Å². The highest BCUT2D eigenvalue weighted by molar-refractivity contribution is 7.15. The Morgan fingerprint density at radius 3 is 2.67 bits per heavy atom. The molecule has 2 unspecified atom stereocenters. The molecule has 1 saturated heterocycles. The topological polar surface area (TPSA) is 87.5 Å². The van der Waals surface area contributed by atoms with Gasteiger partial charge in [-0.15, -0.1) is 11.3 Å².